The van der Waals surface area contributed by atoms with E-state index in [9.17, 15) is 4.39 Å². The van der Waals surface area contributed by atoms with Crippen LogP contribution in [0.25, 0.3) is 11.3 Å². The summed E-state index contributed by atoms with van der Waals surface area (Å²) in [6.45, 7) is 0. The van der Waals surface area contributed by atoms with Crippen LogP contribution in [0.2, 0.25) is 0 Å². The van der Waals surface area contributed by atoms with Crippen molar-refractivity contribution in [1.29, 1.82) is 0 Å². The predicted octanol–water partition coefficient (Wildman–Crippen LogP) is 4.54. The van der Waals surface area contributed by atoms with Gasteiger partial charge in [0.2, 0.25) is 0 Å². The molecule has 0 amide bonds. The number of aromatic amines is 1. The van der Waals surface area contributed by atoms with Crippen LogP contribution in [0, 0.1) is 10.5 Å². The van der Waals surface area contributed by atoms with Gasteiger partial charge in [-0.3, -0.25) is 0 Å². The van der Waals surface area contributed by atoms with E-state index in [0.29, 0.717) is 11.1 Å². The summed E-state index contributed by atoms with van der Waals surface area (Å²) in [4.78, 5) is 7.59. The molecule has 104 valence electrons. The smallest absolute Gasteiger partial charge is 0.130 e. The van der Waals surface area contributed by atoms with Gasteiger partial charge in [0.15, 0.2) is 0 Å². The highest BCUT2D eigenvalue weighted by molar-refractivity contribution is 7.71. The van der Waals surface area contributed by atoms with E-state index in [1.165, 1.54) is 12.1 Å². The first kappa shape index (κ1) is 13.6. The van der Waals surface area contributed by atoms with Gasteiger partial charge in [-0.2, -0.15) is 0 Å². The standard InChI is InChI=1S/C17H13FN2S/c18-14-8-4-5-12(9-14)10-16-19-15(11-17(21)20-16)13-6-2-1-3-7-13/h1-9,11H,10H2,(H,19,20,21). The molecule has 0 unspecified atom stereocenters. The fourth-order valence-corrected chi connectivity index (χ4v) is 2.43. The number of H-pyrrole nitrogens is 1. The summed E-state index contributed by atoms with van der Waals surface area (Å²) in [5.41, 5.74) is 2.83. The van der Waals surface area contributed by atoms with E-state index in [0.717, 1.165) is 22.6 Å². The second kappa shape index (κ2) is 5.97. The predicted molar refractivity (Wildman–Crippen MR) is 84.1 cm³/mol. The molecule has 0 aliphatic carbocycles. The summed E-state index contributed by atoms with van der Waals surface area (Å²) in [5, 5.41) is 0. The highest BCUT2D eigenvalue weighted by Gasteiger charge is 2.04. The molecule has 1 heterocycles. The van der Waals surface area contributed by atoms with Crippen LogP contribution in [0.3, 0.4) is 0 Å². The maximum absolute atomic E-state index is 13.2. The largest absolute Gasteiger partial charge is 0.343 e. The van der Waals surface area contributed by atoms with E-state index in [1.54, 1.807) is 6.07 Å². The SMILES string of the molecule is Fc1cccc(Cc2nc(=S)cc(-c3ccccc3)[nH]2)c1. The van der Waals surface area contributed by atoms with Crippen molar-refractivity contribution in [3.63, 3.8) is 0 Å². The second-order valence-corrected chi connectivity index (χ2v) is 5.17. The Balaban J connectivity index is 1.97. The Morgan fingerprint density at radius 3 is 2.57 bits per heavy atom. The van der Waals surface area contributed by atoms with E-state index in [4.69, 9.17) is 12.2 Å². The molecule has 0 saturated heterocycles. The van der Waals surface area contributed by atoms with Crippen LogP contribution in [0.15, 0.2) is 60.7 Å². The molecule has 3 aromatic rings. The highest BCUT2D eigenvalue weighted by atomic mass is 32.1. The Kier molecular flexibility index (Phi) is 3.88. The minimum Gasteiger partial charge on any atom is -0.343 e. The van der Waals surface area contributed by atoms with Crippen LogP contribution in [-0.2, 0) is 6.42 Å². The van der Waals surface area contributed by atoms with Crippen molar-refractivity contribution in [3.8, 4) is 11.3 Å². The molecular weight excluding hydrogens is 283 g/mol. The third kappa shape index (κ3) is 3.41. The second-order valence-electron chi connectivity index (χ2n) is 4.75. The zero-order valence-electron chi connectivity index (χ0n) is 11.2. The summed E-state index contributed by atoms with van der Waals surface area (Å²) in [6, 6.07) is 18.3. The fraction of sp³-hybridized carbons (Fsp3) is 0.0588. The number of halogens is 1. The van der Waals surface area contributed by atoms with Gasteiger partial charge in [0, 0.05) is 12.1 Å². The van der Waals surface area contributed by atoms with E-state index < -0.39 is 0 Å². The molecule has 2 aromatic carbocycles. The van der Waals surface area contributed by atoms with Gasteiger partial charge in [-0.15, -0.1) is 0 Å². The molecule has 0 aliphatic rings. The monoisotopic (exact) mass is 296 g/mol. The quantitative estimate of drug-likeness (QED) is 0.719. The van der Waals surface area contributed by atoms with E-state index >= 15 is 0 Å². The first-order valence-electron chi connectivity index (χ1n) is 6.61. The lowest BCUT2D eigenvalue weighted by Gasteiger charge is -2.06. The lowest BCUT2D eigenvalue weighted by atomic mass is 10.1. The Labute approximate surface area is 127 Å². The number of nitrogens with zero attached hydrogens (tertiary/aromatic N) is 1. The van der Waals surface area contributed by atoms with Crippen LogP contribution in [0.5, 0.6) is 0 Å². The summed E-state index contributed by atoms with van der Waals surface area (Å²) >= 11 is 5.22. The average Bonchev–Trinajstić information content (AvgIpc) is 2.47. The number of benzene rings is 2. The normalized spacial score (nSPS) is 10.5. The minimum absolute atomic E-state index is 0.245. The number of rotatable bonds is 3. The van der Waals surface area contributed by atoms with E-state index in [-0.39, 0.29) is 5.82 Å². The fourth-order valence-electron chi connectivity index (χ4n) is 2.21. The molecule has 0 saturated carbocycles. The van der Waals surface area contributed by atoms with Gasteiger partial charge in [-0.05, 0) is 29.3 Å². The van der Waals surface area contributed by atoms with Gasteiger partial charge >= 0.3 is 0 Å². The molecule has 0 radical (unpaired) electrons. The van der Waals surface area contributed by atoms with Gasteiger partial charge in [0.25, 0.3) is 0 Å². The van der Waals surface area contributed by atoms with Crippen molar-refractivity contribution >= 4 is 12.2 Å². The lowest BCUT2D eigenvalue weighted by Crippen LogP contribution is -1.99. The topological polar surface area (TPSA) is 28.7 Å². The third-order valence-electron chi connectivity index (χ3n) is 3.14. The summed E-state index contributed by atoms with van der Waals surface area (Å²) in [7, 11) is 0. The number of nitrogens with one attached hydrogen (secondary N) is 1. The van der Waals surface area contributed by atoms with E-state index in [2.05, 4.69) is 9.97 Å². The van der Waals surface area contributed by atoms with Crippen LogP contribution in [-0.4, -0.2) is 9.97 Å². The molecule has 3 rings (SSSR count). The number of aromatic nitrogens is 2. The van der Waals surface area contributed by atoms with Gasteiger partial charge in [0.1, 0.15) is 16.3 Å². The molecule has 0 fully saturated rings. The van der Waals surface area contributed by atoms with Crippen LogP contribution in [0.4, 0.5) is 4.39 Å². The molecule has 0 spiro atoms. The Morgan fingerprint density at radius 2 is 1.81 bits per heavy atom. The van der Waals surface area contributed by atoms with Crippen LogP contribution >= 0.6 is 12.2 Å². The lowest BCUT2D eigenvalue weighted by molar-refractivity contribution is 0.626. The third-order valence-corrected chi connectivity index (χ3v) is 3.35. The maximum Gasteiger partial charge on any atom is 0.130 e. The molecule has 0 atom stereocenters. The molecule has 4 heteroatoms. The highest BCUT2D eigenvalue weighted by Crippen LogP contribution is 2.17. The Morgan fingerprint density at radius 1 is 1.00 bits per heavy atom. The van der Waals surface area contributed by atoms with E-state index in [1.807, 2.05) is 42.5 Å². The zero-order chi connectivity index (χ0) is 14.7. The molecular formula is C17H13FN2S. The molecule has 1 N–H and O–H groups in total. The molecule has 0 bridgehead atoms. The van der Waals surface area contributed by atoms with Crippen molar-refractivity contribution in [2.75, 3.05) is 0 Å². The summed E-state index contributed by atoms with van der Waals surface area (Å²) in [5.74, 6) is 0.484. The minimum atomic E-state index is -0.245. The van der Waals surface area contributed by atoms with Crippen molar-refractivity contribution in [2.24, 2.45) is 0 Å². The average molecular weight is 296 g/mol. The number of hydrogen-bond acceptors (Lipinski definition) is 2. The van der Waals surface area contributed by atoms with Gasteiger partial charge in [-0.25, -0.2) is 9.37 Å². The van der Waals surface area contributed by atoms with Gasteiger partial charge < -0.3 is 4.98 Å². The van der Waals surface area contributed by atoms with Gasteiger partial charge in [-0.1, -0.05) is 54.7 Å². The van der Waals surface area contributed by atoms with Gasteiger partial charge in [0.05, 0.1) is 0 Å². The molecule has 2 nitrogen and oxygen atoms in total. The first-order valence-corrected chi connectivity index (χ1v) is 7.02. The molecule has 21 heavy (non-hydrogen) atoms. The first-order chi connectivity index (χ1) is 10.2. The van der Waals surface area contributed by atoms with Crippen molar-refractivity contribution < 1.29 is 4.39 Å². The summed E-state index contributed by atoms with van der Waals surface area (Å²) < 4.78 is 13.8. The number of hydrogen-bond donors (Lipinski definition) is 1. The van der Waals surface area contributed by atoms with Crippen LogP contribution < -0.4 is 0 Å². The Hall–Kier alpha value is -2.33. The molecule has 0 aliphatic heterocycles. The van der Waals surface area contributed by atoms with Crippen molar-refractivity contribution in [3.05, 3.63) is 82.5 Å². The maximum atomic E-state index is 13.2. The Bertz CT molecular complexity index is 812. The van der Waals surface area contributed by atoms with Crippen LogP contribution in [0.1, 0.15) is 11.4 Å². The van der Waals surface area contributed by atoms with Crippen molar-refractivity contribution in [2.45, 2.75) is 6.42 Å². The zero-order valence-corrected chi connectivity index (χ0v) is 12.0. The van der Waals surface area contributed by atoms with Crippen molar-refractivity contribution in [1.82, 2.24) is 9.97 Å². The molecule has 1 aromatic heterocycles. The summed E-state index contributed by atoms with van der Waals surface area (Å²) in [6.07, 6.45) is 0.516.